The summed E-state index contributed by atoms with van der Waals surface area (Å²) >= 11 is 5.58. The fourth-order valence-electron chi connectivity index (χ4n) is 1.27. The molecule has 1 heterocycles. The maximum atomic E-state index is 10.8. The summed E-state index contributed by atoms with van der Waals surface area (Å²) < 4.78 is 4.93. The number of phenols is 1. The molecular formula is C9H5ClO4. The smallest absolute Gasteiger partial charge is 0.341 e. The van der Waals surface area contributed by atoms with Gasteiger partial charge in [0.25, 0.3) is 0 Å². The van der Waals surface area contributed by atoms with Crippen molar-refractivity contribution in [3.63, 3.8) is 0 Å². The maximum Gasteiger partial charge on any atom is 0.341 e. The van der Waals surface area contributed by atoms with Crippen LogP contribution in [0.5, 0.6) is 5.75 Å². The first-order valence-corrected chi connectivity index (χ1v) is 4.12. The van der Waals surface area contributed by atoms with Crippen molar-refractivity contribution in [1.29, 1.82) is 0 Å². The van der Waals surface area contributed by atoms with E-state index >= 15 is 0 Å². The molecule has 0 bridgehead atoms. The minimum atomic E-state index is -1.18. The van der Waals surface area contributed by atoms with Crippen molar-refractivity contribution in [2.24, 2.45) is 0 Å². The van der Waals surface area contributed by atoms with E-state index < -0.39 is 5.97 Å². The van der Waals surface area contributed by atoms with Crippen LogP contribution < -0.4 is 0 Å². The minimum Gasteiger partial charge on any atom is -0.504 e. The Morgan fingerprint density at radius 3 is 2.79 bits per heavy atom. The second-order valence-corrected chi connectivity index (χ2v) is 3.05. The normalized spacial score (nSPS) is 10.6. The van der Waals surface area contributed by atoms with Crippen molar-refractivity contribution in [3.8, 4) is 5.75 Å². The van der Waals surface area contributed by atoms with E-state index in [1.807, 2.05) is 0 Å². The van der Waals surface area contributed by atoms with E-state index in [4.69, 9.17) is 21.1 Å². The number of halogens is 1. The van der Waals surface area contributed by atoms with Gasteiger partial charge in [-0.1, -0.05) is 6.07 Å². The van der Waals surface area contributed by atoms with Crippen molar-refractivity contribution in [2.45, 2.75) is 0 Å². The molecule has 0 fully saturated rings. The van der Waals surface area contributed by atoms with E-state index in [1.165, 1.54) is 18.2 Å². The number of rotatable bonds is 1. The Bertz CT molecular complexity index is 515. The molecule has 0 atom stereocenters. The van der Waals surface area contributed by atoms with Gasteiger partial charge in [-0.25, -0.2) is 4.79 Å². The summed E-state index contributed by atoms with van der Waals surface area (Å²) in [6.45, 7) is 0. The Morgan fingerprint density at radius 2 is 2.14 bits per heavy atom. The summed E-state index contributed by atoms with van der Waals surface area (Å²) in [5.41, 5.74) is -0.0348. The van der Waals surface area contributed by atoms with Crippen LogP contribution in [0.2, 0.25) is 5.22 Å². The van der Waals surface area contributed by atoms with Gasteiger partial charge in [-0.15, -0.1) is 0 Å². The molecule has 1 aromatic carbocycles. The Balaban J connectivity index is 2.90. The molecule has 14 heavy (non-hydrogen) atoms. The molecule has 0 saturated carbocycles. The SMILES string of the molecule is O=C(O)c1c(Cl)oc2c(O)cccc12. The number of para-hydroxylation sites is 1. The molecule has 2 N–H and O–H groups in total. The van der Waals surface area contributed by atoms with Crippen LogP contribution >= 0.6 is 11.6 Å². The van der Waals surface area contributed by atoms with E-state index in [2.05, 4.69) is 0 Å². The maximum absolute atomic E-state index is 10.8. The monoisotopic (exact) mass is 212 g/mol. The van der Waals surface area contributed by atoms with Gasteiger partial charge in [0.05, 0.1) is 0 Å². The fourth-order valence-corrected chi connectivity index (χ4v) is 1.53. The lowest BCUT2D eigenvalue weighted by Gasteiger charge is -1.91. The molecule has 0 aliphatic carbocycles. The van der Waals surface area contributed by atoms with Gasteiger partial charge in [-0.2, -0.15) is 0 Å². The lowest BCUT2D eigenvalue weighted by atomic mass is 10.2. The highest BCUT2D eigenvalue weighted by Crippen LogP contribution is 2.34. The average Bonchev–Trinajstić information content (AvgIpc) is 2.42. The third kappa shape index (κ3) is 1.12. The molecule has 0 aliphatic rings. The molecule has 0 amide bonds. The number of aromatic carboxylic acids is 1. The van der Waals surface area contributed by atoms with Crippen molar-refractivity contribution < 1.29 is 19.4 Å². The zero-order chi connectivity index (χ0) is 10.3. The number of phenolic OH excluding ortho intramolecular Hbond substituents is 1. The third-order valence-electron chi connectivity index (χ3n) is 1.87. The highest BCUT2D eigenvalue weighted by Gasteiger charge is 2.20. The van der Waals surface area contributed by atoms with Crippen LogP contribution in [0, 0.1) is 0 Å². The predicted octanol–water partition coefficient (Wildman–Crippen LogP) is 2.49. The number of fused-ring (bicyclic) bond motifs is 1. The van der Waals surface area contributed by atoms with Gasteiger partial charge in [0.1, 0.15) is 5.56 Å². The third-order valence-corrected chi connectivity index (χ3v) is 2.13. The molecule has 2 rings (SSSR count). The molecule has 0 aliphatic heterocycles. The van der Waals surface area contributed by atoms with Gasteiger partial charge in [0.15, 0.2) is 11.3 Å². The lowest BCUT2D eigenvalue weighted by molar-refractivity contribution is 0.0698. The van der Waals surface area contributed by atoms with Crippen LogP contribution in [0.1, 0.15) is 10.4 Å². The molecular weight excluding hydrogens is 208 g/mol. The van der Waals surface area contributed by atoms with Crippen molar-refractivity contribution in [1.82, 2.24) is 0 Å². The molecule has 2 aromatic rings. The number of aromatic hydroxyl groups is 1. The van der Waals surface area contributed by atoms with Gasteiger partial charge in [0.2, 0.25) is 5.22 Å². The van der Waals surface area contributed by atoms with Gasteiger partial charge >= 0.3 is 5.97 Å². The summed E-state index contributed by atoms with van der Waals surface area (Å²) in [6, 6.07) is 4.44. The first-order chi connectivity index (χ1) is 6.61. The number of hydrogen-bond acceptors (Lipinski definition) is 3. The van der Waals surface area contributed by atoms with Crippen LogP contribution in [0.3, 0.4) is 0 Å². The predicted molar refractivity (Wildman–Crippen MR) is 49.8 cm³/mol. The summed E-state index contributed by atoms with van der Waals surface area (Å²) in [7, 11) is 0. The standard InChI is InChI=1S/C9H5ClO4/c10-8-6(9(12)13)4-2-1-3-5(11)7(4)14-8/h1-3,11H,(H,12,13). The molecule has 0 radical (unpaired) electrons. The molecule has 0 unspecified atom stereocenters. The van der Waals surface area contributed by atoms with Crippen molar-refractivity contribution in [3.05, 3.63) is 29.0 Å². The molecule has 72 valence electrons. The summed E-state index contributed by atoms with van der Waals surface area (Å²) in [5.74, 6) is -1.31. The highest BCUT2D eigenvalue weighted by molar-refractivity contribution is 6.34. The molecule has 5 heteroatoms. The fraction of sp³-hybridized carbons (Fsp3) is 0. The Kier molecular flexibility index (Phi) is 1.86. The first-order valence-electron chi connectivity index (χ1n) is 3.74. The van der Waals surface area contributed by atoms with Crippen molar-refractivity contribution >= 4 is 28.5 Å². The zero-order valence-electron chi connectivity index (χ0n) is 6.82. The largest absolute Gasteiger partial charge is 0.504 e. The molecule has 1 aromatic heterocycles. The summed E-state index contributed by atoms with van der Waals surface area (Å²) in [5, 5.41) is 18.2. The number of benzene rings is 1. The number of hydrogen-bond donors (Lipinski definition) is 2. The quantitative estimate of drug-likeness (QED) is 0.762. The Hall–Kier alpha value is -1.68. The van der Waals surface area contributed by atoms with Gasteiger partial charge in [-0.3, -0.25) is 0 Å². The van der Waals surface area contributed by atoms with Crippen LogP contribution in [0.15, 0.2) is 22.6 Å². The zero-order valence-corrected chi connectivity index (χ0v) is 7.58. The number of carboxylic acids is 1. The molecule has 0 spiro atoms. The second-order valence-electron chi connectivity index (χ2n) is 2.71. The van der Waals surface area contributed by atoms with Gasteiger partial charge < -0.3 is 14.6 Å². The first kappa shape index (κ1) is 8.90. The summed E-state index contributed by atoms with van der Waals surface area (Å²) in [6.07, 6.45) is 0. The van der Waals surface area contributed by atoms with E-state index in [0.29, 0.717) is 5.39 Å². The van der Waals surface area contributed by atoms with E-state index in [1.54, 1.807) is 0 Å². The molecule has 4 nitrogen and oxygen atoms in total. The second kappa shape index (κ2) is 2.92. The number of carbonyl (C=O) groups is 1. The Labute approximate surface area is 83.3 Å². The van der Waals surface area contributed by atoms with E-state index in [9.17, 15) is 9.90 Å². The molecule has 0 saturated heterocycles. The Morgan fingerprint density at radius 1 is 1.43 bits per heavy atom. The van der Waals surface area contributed by atoms with Gasteiger partial charge in [-0.05, 0) is 23.7 Å². The van der Waals surface area contributed by atoms with E-state index in [0.717, 1.165) is 0 Å². The van der Waals surface area contributed by atoms with Gasteiger partial charge in [0, 0.05) is 5.39 Å². The summed E-state index contributed by atoms with van der Waals surface area (Å²) in [4.78, 5) is 10.8. The van der Waals surface area contributed by atoms with Crippen LogP contribution in [0.4, 0.5) is 0 Å². The minimum absolute atomic E-state index is 0.0925. The van der Waals surface area contributed by atoms with Crippen molar-refractivity contribution in [2.75, 3.05) is 0 Å². The van der Waals surface area contributed by atoms with E-state index in [-0.39, 0.29) is 22.1 Å². The number of carboxylic acid groups (broad SMARTS) is 1. The van der Waals surface area contributed by atoms with Crippen LogP contribution in [-0.2, 0) is 0 Å². The lowest BCUT2D eigenvalue weighted by Crippen LogP contribution is -1.94. The number of furan rings is 1. The highest BCUT2D eigenvalue weighted by atomic mass is 35.5. The van der Waals surface area contributed by atoms with Crippen LogP contribution in [-0.4, -0.2) is 16.2 Å². The average molecular weight is 213 g/mol. The van der Waals surface area contributed by atoms with Crippen LogP contribution in [0.25, 0.3) is 11.0 Å². The topological polar surface area (TPSA) is 70.7 Å².